The zero-order chi connectivity index (χ0) is 16.3. The Labute approximate surface area is 137 Å². The summed E-state index contributed by atoms with van der Waals surface area (Å²) in [5.74, 6) is 0.222. The second kappa shape index (κ2) is 6.42. The van der Waals surface area contributed by atoms with Gasteiger partial charge >= 0.3 is 6.03 Å². The van der Waals surface area contributed by atoms with E-state index in [2.05, 4.69) is 53.5 Å². The fraction of sp³-hybridized carbons (Fsp3) is 0.316. The summed E-state index contributed by atoms with van der Waals surface area (Å²) in [6, 6.07) is 20.3. The molecule has 4 heteroatoms. The Hall–Kier alpha value is -2.33. The van der Waals surface area contributed by atoms with E-state index in [4.69, 9.17) is 5.73 Å². The molecule has 0 aromatic heterocycles. The Morgan fingerprint density at radius 1 is 1.17 bits per heavy atom. The number of amides is 2. The third-order valence-corrected chi connectivity index (χ3v) is 4.62. The normalized spacial score (nSPS) is 24.5. The summed E-state index contributed by atoms with van der Waals surface area (Å²) < 4.78 is 0. The SMILES string of the molecule is C[C@]1(NC(N)=O)CN(Cc2ccccc2)C[C@@H]1c1ccccc1. The van der Waals surface area contributed by atoms with Crippen molar-refractivity contribution in [3.05, 3.63) is 71.8 Å². The number of nitrogens with zero attached hydrogens (tertiary/aromatic N) is 1. The van der Waals surface area contributed by atoms with E-state index in [0.29, 0.717) is 0 Å². The highest BCUT2D eigenvalue weighted by molar-refractivity contribution is 5.73. The second-order valence-corrected chi connectivity index (χ2v) is 6.53. The molecule has 2 atom stereocenters. The molecule has 23 heavy (non-hydrogen) atoms. The van der Waals surface area contributed by atoms with Gasteiger partial charge < -0.3 is 11.1 Å². The first kappa shape index (κ1) is 15.6. The summed E-state index contributed by atoms with van der Waals surface area (Å²) in [5.41, 5.74) is 7.58. The van der Waals surface area contributed by atoms with Crippen LogP contribution in [0.25, 0.3) is 0 Å². The van der Waals surface area contributed by atoms with Gasteiger partial charge in [-0.1, -0.05) is 60.7 Å². The zero-order valence-corrected chi connectivity index (χ0v) is 13.4. The molecule has 1 saturated heterocycles. The summed E-state index contributed by atoms with van der Waals surface area (Å²) in [4.78, 5) is 13.9. The van der Waals surface area contributed by atoms with Crippen LogP contribution in [-0.2, 0) is 6.54 Å². The second-order valence-electron chi connectivity index (χ2n) is 6.53. The molecule has 0 unspecified atom stereocenters. The topological polar surface area (TPSA) is 58.4 Å². The molecule has 3 N–H and O–H groups in total. The predicted molar refractivity (Wildman–Crippen MR) is 92.0 cm³/mol. The van der Waals surface area contributed by atoms with Gasteiger partial charge in [0.05, 0.1) is 5.54 Å². The number of likely N-dealkylation sites (tertiary alicyclic amines) is 1. The number of primary amides is 1. The maximum Gasteiger partial charge on any atom is 0.312 e. The van der Waals surface area contributed by atoms with E-state index in [9.17, 15) is 4.79 Å². The van der Waals surface area contributed by atoms with Gasteiger partial charge in [-0.05, 0) is 18.1 Å². The third-order valence-electron chi connectivity index (χ3n) is 4.62. The first-order valence-corrected chi connectivity index (χ1v) is 7.96. The van der Waals surface area contributed by atoms with Gasteiger partial charge in [-0.3, -0.25) is 4.90 Å². The third kappa shape index (κ3) is 3.54. The first-order chi connectivity index (χ1) is 11.1. The van der Waals surface area contributed by atoms with Gasteiger partial charge in [0.25, 0.3) is 0 Å². The molecule has 1 heterocycles. The number of hydrogen-bond donors (Lipinski definition) is 2. The minimum atomic E-state index is -0.463. The van der Waals surface area contributed by atoms with Crippen LogP contribution in [0.2, 0.25) is 0 Å². The van der Waals surface area contributed by atoms with Gasteiger partial charge in [-0.25, -0.2) is 4.79 Å². The van der Waals surface area contributed by atoms with Crippen LogP contribution in [-0.4, -0.2) is 29.6 Å². The Balaban J connectivity index is 1.83. The molecule has 120 valence electrons. The molecule has 2 amide bonds. The highest BCUT2D eigenvalue weighted by atomic mass is 16.2. The van der Waals surface area contributed by atoms with Crippen LogP contribution in [0, 0.1) is 0 Å². The van der Waals surface area contributed by atoms with Crippen LogP contribution in [0.4, 0.5) is 4.79 Å². The highest BCUT2D eigenvalue weighted by Gasteiger charge is 2.44. The van der Waals surface area contributed by atoms with Crippen molar-refractivity contribution in [3.63, 3.8) is 0 Å². The number of nitrogens with one attached hydrogen (secondary N) is 1. The van der Waals surface area contributed by atoms with Crippen molar-refractivity contribution in [1.82, 2.24) is 10.2 Å². The van der Waals surface area contributed by atoms with Crippen LogP contribution in [0.1, 0.15) is 24.0 Å². The van der Waals surface area contributed by atoms with E-state index >= 15 is 0 Å². The Kier molecular flexibility index (Phi) is 4.35. The van der Waals surface area contributed by atoms with Crippen molar-refractivity contribution >= 4 is 6.03 Å². The molecule has 2 aromatic rings. The first-order valence-electron chi connectivity index (χ1n) is 7.96. The molecule has 2 aromatic carbocycles. The smallest absolute Gasteiger partial charge is 0.312 e. The number of benzene rings is 2. The molecule has 0 bridgehead atoms. The molecule has 1 aliphatic heterocycles. The van der Waals surface area contributed by atoms with Crippen molar-refractivity contribution < 1.29 is 4.79 Å². The van der Waals surface area contributed by atoms with E-state index in [0.717, 1.165) is 19.6 Å². The predicted octanol–water partition coefficient (Wildman–Crippen LogP) is 2.71. The fourth-order valence-corrected chi connectivity index (χ4v) is 3.63. The van der Waals surface area contributed by atoms with Gasteiger partial charge in [0.1, 0.15) is 0 Å². The molecular weight excluding hydrogens is 286 g/mol. The van der Waals surface area contributed by atoms with Crippen LogP contribution < -0.4 is 11.1 Å². The summed E-state index contributed by atoms with van der Waals surface area (Å²) in [6.45, 7) is 4.64. The monoisotopic (exact) mass is 309 g/mol. The minimum absolute atomic E-state index is 0.222. The summed E-state index contributed by atoms with van der Waals surface area (Å²) >= 11 is 0. The zero-order valence-electron chi connectivity index (χ0n) is 13.4. The maximum atomic E-state index is 11.5. The van der Waals surface area contributed by atoms with Crippen LogP contribution >= 0.6 is 0 Å². The Bertz CT molecular complexity index is 659. The number of hydrogen-bond acceptors (Lipinski definition) is 2. The van der Waals surface area contributed by atoms with Gasteiger partial charge in [0.15, 0.2) is 0 Å². The van der Waals surface area contributed by atoms with E-state index in [1.54, 1.807) is 0 Å². The lowest BCUT2D eigenvalue weighted by Crippen LogP contribution is -2.53. The van der Waals surface area contributed by atoms with E-state index in [1.807, 2.05) is 24.3 Å². The Morgan fingerprint density at radius 2 is 1.78 bits per heavy atom. The van der Waals surface area contributed by atoms with Crippen molar-refractivity contribution in [2.45, 2.75) is 24.9 Å². The molecule has 4 nitrogen and oxygen atoms in total. The minimum Gasteiger partial charge on any atom is -0.352 e. The number of carbonyl (C=O) groups excluding carboxylic acids is 1. The maximum absolute atomic E-state index is 11.5. The number of carbonyl (C=O) groups is 1. The quantitative estimate of drug-likeness (QED) is 0.912. The summed E-state index contributed by atoms with van der Waals surface area (Å²) in [7, 11) is 0. The van der Waals surface area contributed by atoms with Crippen LogP contribution in [0.3, 0.4) is 0 Å². The molecule has 1 aliphatic rings. The van der Waals surface area contributed by atoms with E-state index in [-0.39, 0.29) is 11.5 Å². The van der Waals surface area contributed by atoms with Gasteiger partial charge in [-0.15, -0.1) is 0 Å². The lowest BCUT2D eigenvalue weighted by Gasteiger charge is -2.31. The number of urea groups is 1. The average molecular weight is 309 g/mol. The van der Waals surface area contributed by atoms with Crippen LogP contribution in [0.5, 0.6) is 0 Å². The number of rotatable bonds is 4. The highest BCUT2D eigenvalue weighted by Crippen LogP contribution is 2.36. The molecule has 0 spiro atoms. The van der Waals surface area contributed by atoms with Gasteiger partial charge in [0, 0.05) is 25.6 Å². The van der Waals surface area contributed by atoms with Crippen LogP contribution in [0.15, 0.2) is 60.7 Å². The summed E-state index contributed by atoms with van der Waals surface area (Å²) in [5, 5.41) is 2.98. The van der Waals surface area contributed by atoms with E-state index in [1.165, 1.54) is 11.1 Å². The largest absolute Gasteiger partial charge is 0.352 e. The molecule has 0 saturated carbocycles. The fourth-order valence-electron chi connectivity index (χ4n) is 3.63. The van der Waals surface area contributed by atoms with Crippen molar-refractivity contribution in [2.75, 3.05) is 13.1 Å². The van der Waals surface area contributed by atoms with Crippen molar-refractivity contribution in [1.29, 1.82) is 0 Å². The lowest BCUT2D eigenvalue weighted by molar-refractivity contribution is 0.230. The molecule has 1 fully saturated rings. The molecule has 0 aliphatic carbocycles. The van der Waals surface area contributed by atoms with Crippen molar-refractivity contribution in [3.8, 4) is 0 Å². The van der Waals surface area contributed by atoms with Gasteiger partial charge in [0.2, 0.25) is 0 Å². The molecule has 0 radical (unpaired) electrons. The van der Waals surface area contributed by atoms with Gasteiger partial charge in [-0.2, -0.15) is 0 Å². The molecular formula is C19H23N3O. The summed E-state index contributed by atoms with van der Waals surface area (Å²) in [6.07, 6.45) is 0. The van der Waals surface area contributed by atoms with Crippen molar-refractivity contribution in [2.24, 2.45) is 5.73 Å². The standard InChI is InChI=1S/C19H23N3O/c1-19(21-18(20)23)14-22(12-15-8-4-2-5-9-15)13-17(19)16-10-6-3-7-11-16/h2-11,17H,12-14H2,1H3,(H3,20,21,23)/t17-,19+/m1/s1. The number of nitrogens with two attached hydrogens (primary N) is 1. The lowest BCUT2D eigenvalue weighted by atomic mass is 9.83. The average Bonchev–Trinajstić information content (AvgIpc) is 2.84. The molecule has 3 rings (SSSR count). The van der Waals surface area contributed by atoms with E-state index < -0.39 is 6.03 Å². The Morgan fingerprint density at radius 3 is 2.39 bits per heavy atom.